The quantitative estimate of drug-likeness (QED) is 0.829. The minimum Gasteiger partial charge on any atom is -0.361 e. The molecule has 0 unspecified atom stereocenters. The highest BCUT2D eigenvalue weighted by atomic mass is 32.1. The van der Waals surface area contributed by atoms with Gasteiger partial charge in [0.1, 0.15) is 5.76 Å². The molecule has 2 aromatic heterocycles. The van der Waals surface area contributed by atoms with Crippen LogP contribution >= 0.6 is 11.3 Å². The summed E-state index contributed by atoms with van der Waals surface area (Å²) in [6, 6.07) is 1.70. The van der Waals surface area contributed by atoms with E-state index in [1.807, 2.05) is 0 Å². The topological polar surface area (TPSA) is 75.4 Å². The van der Waals surface area contributed by atoms with Crippen molar-refractivity contribution >= 4 is 22.4 Å². The van der Waals surface area contributed by atoms with Crippen LogP contribution in [0, 0.1) is 6.92 Å². The first kappa shape index (κ1) is 16.7. The Morgan fingerprint density at radius 3 is 2.54 bits per heavy atom. The van der Waals surface area contributed by atoms with Crippen LogP contribution in [-0.4, -0.2) is 52.3 Å². The summed E-state index contributed by atoms with van der Waals surface area (Å²) in [5, 5.41) is 9.76. The normalized spacial score (nSPS) is 15.8. The van der Waals surface area contributed by atoms with Gasteiger partial charge >= 0.3 is 6.18 Å². The third-order valence-electron chi connectivity index (χ3n) is 3.56. The van der Waals surface area contributed by atoms with Gasteiger partial charge in [-0.25, -0.2) is 0 Å². The second kappa shape index (κ2) is 6.38. The van der Waals surface area contributed by atoms with Crippen LogP contribution in [0.15, 0.2) is 10.6 Å². The number of nitrogens with zero attached hydrogens (tertiary/aromatic N) is 5. The van der Waals surface area contributed by atoms with Crippen molar-refractivity contribution in [3.05, 3.63) is 22.5 Å². The maximum Gasteiger partial charge on any atom is 0.445 e. The van der Waals surface area contributed by atoms with E-state index in [2.05, 4.69) is 15.4 Å². The molecule has 2 aromatic rings. The SMILES string of the molecule is Cc1cc(CC(=O)N2CCN(c3nnc(C(F)(F)F)s3)CC2)on1. The molecule has 0 N–H and O–H groups in total. The predicted octanol–water partition coefficient (Wildman–Crippen LogP) is 1.74. The zero-order chi connectivity index (χ0) is 17.3. The second-order valence-electron chi connectivity index (χ2n) is 5.37. The Morgan fingerprint density at radius 1 is 1.29 bits per heavy atom. The Balaban J connectivity index is 1.55. The Kier molecular flexibility index (Phi) is 4.43. The summed E-state index contributed by atoms with van der Waals surface area (Å²) in [5.74, 6) is 0.401. The third kappa shape index (κ3) is 3.66. The minimum absolute atomic E-state index is 0.0981. The maximum atomic E-state index is 12.6. The lowest BCUT2D eigenvalue weighted by Gasteiger charge is -2.34. The number of aryl methyl sites for hydroxylation is 1. The predicted molar refractivity (Wildman–Crippen MR) is 78.6 cm³/mol. The van der Waals surface area contributed by atoms with Crippen LogP contribution in [0.3, 0.4) is 0 Å². The zero-order valence-corrected chi connectivity index (χ0v) is 13.5. The van der Waals surface area contributed by atoms with Crippen molar-refractivity contribution in [2.45, 2.75) is 19.5 Å². The first-order valence-electron chi connectivity index (χ1n) is 7.18. The Hall–Kier alpha value is -2.17. The molecule has 0 atom stereocenters. The van der Waals surface area contributed by atoms with Crippen LogP contribution in [0.4, 0.5) is 18.3 Å². The highest BCUT2D eigenvalue weighted by Gasteiger charge is 2.36. The van der Waals surface area contributed by atoms with Gasteiger partial charge in [-0.2, -0.15) is 13.2 Å². The fraction of sp³-hybridized carbons (Fsp3) is 0.538. The molecule has 1 amide bonds. The molecule has 1 aliphatic rings. The van der Waals surface area contributed by atoms with Crippen LogP contribution in [-0.2, 0) is 17.4 Å². The van der Waals surface area contributed by atoms with Gasteiger partial charge in [0.2, 0.25) is 16.0 Å². The Morgan fingerprint density at radius 2 is 2.00 bits per heavy atom. The molecule has 0 spiro atoms. The standard InChI is InChI=1S/C13H14F3N5O2S/c1-8-6-9(23-19-8)7-10(22)20-2-4-21(5-3-20)12-18-17-11(24-12)13(14,15)16/h6H,2-5,7H2,1H3. The van der Waals surface area contributed by atoms with E-state index in [1.165, 1.54) is 0 Å². The van der Waals surface area contributed by atoms with E-state index in [4.69, 9.17) is 4.52 Å². The highest BCUT2D eigenvalue weighted by molar-refractivity contribution is 7.15. The van der Waals surface area contributed by atoms with Gasteiger partial charge in [0.15, 0.2) is 0 Å². The molecular formula is C13H14F3N5O2S. The lowest BCUT2D eigenvalue weighted by Crippen LogP contribution is -2.49. The smallest absolute Gasteiger partial charge is 0.361 e. The minimum atomic E-state index is -4.48. The van der Waals surface area contributed by atoms with Crippen molar-refractivity contribution in [3.63, 3.8) is 0 Å². The molecule has 0 saturated carbocycles. The monoisotopic (exact) mass is 361 g/mol. The van der Waals surface area contributed by atoms with Crippen molar-refractivity contribution in [2.24, 2.45) is 0 Å². The average Bonchev–Trinajstić information content (AvgIpc) is 3.16. The fourth-order valence-electron chi connectivity index (χ4n) is 2.37. The Labute approximate surface area is 139 Å². The molecule has 0 aliphatic carbocycles. The Bertz CT molecular complexity index is 721. The number of piperazine rings is 1. The molecule has 0 aromatic carbocycles. The van der Waals surface area contributed by atoms with E-state index in [1.54, 1.807) is 22.8 Å². The molecular weight excluding hydrogens is 347 g/mol. The van der Waals surface area contributed by atoms with E-state index in [9.17, 15) is 18.0 Å². The van der Waals surface area contributed by atoms with E-state index in [-0.39, 0.29) is 17.5 Å². The summed E-state index contributed by atoms with van der Waals surface area (Å²) in [5.41, 5.74) is 0.708. The van der Waals surface area contributed by atoms with Crippen molar-refractivity contribution < 1.29 is 22.5 Å². The van der Waals surface area contributed by atoms with Gasteiger partial charge in [-0.1, -0.05) is 16.5 Å². The van der Waals surface area contributed by atoms with Crippen molar-refractivity contribution in [1.29, 1.82) is 0 Å². The molecule has 1 fully saturated rings. The summed E-state index contributed by atoms with van der Waals surface area (Å²) in [6.07, 6.45) is -4.36. The second-order valence-corrected chi connectivity index (χ2v) is 6.32. The fourth-order valence-corrected chi connectivity index (χ4v) is 3.13. The number of aromatic nitrogens is 3. The van der Waals surface area contributed by atoms with Gasteiger partial charge in [-0.3, -0.25) is 4.79 Å². The van der Waals surface area contributed by atoms with Crippen LogP contribution < -0.4 is 4.90 Å². The van der Waals surface area contributed by atoms with Gasteiger partial charge < -0.3 is 14.3 Å². The van der Waals surface area contributed by atoms with Gasteiger partial charge in [-0.05, 0) is 6.92 Å². The van der Waals surface area contributed by atoms with E-state index in [0.29, 0.717) is 49.0 Å². The number of carbonyl (C=O) groups excluding carboxylic acids is 1. The number of rotatable bonds is 3. The number of anilines is 1. The molecule has 3 heterocycles. The van der Waals surface area contributed by atoms with Gasteiger partial charge in [0, 0.05) is 32.2 Å². The number of amides is 1. The van der Waals surface area contributed by atoms with Crippen molar-refractivity contribution in [1.82, 2.24) is 20.3 Å². The zero-order valence-electron chi connectivity index (χ0n) is 12.7. The number of halogens is 3. The average molecular weight is 361 g/mol. The van der Waals surface area contributed by atoms with Crippen molar-refractivity contribution in [2.75, 3.05) is 31.1 Å². The lowest BCUT2D eigenvalue weighted by molar-refractivity contribution is -0.138. The molecule has 24 heavy (non-hydrogen) atoms. The molecule has 3 rings (SSSR count). The highest BCUT2D eigenvalue weighted by Crippen LogP contribution is 2.34. The molecule has 1 saturated heterocycles. The number of alkyl halides is 3. The molecule has 1 aliphatic heterocycles. The maximum absolute atomic E-state index is 12.6. The summed E-state index contributed by atoms with van der Waals surface area (Å²) in [6.45, 7) is 3.41. The molecule has 130 valence electrons. The van der Waals surface area contributed by atoms with Crippen LogP contribution in [0.25, 0.3) is 0 Å². The molecule has 11 heteroatoms. The van der Waals surface area contributed by atoms with E-state index < -0.39 is 11.2 Å². The van der Waals surface area contributed by atoms with Crippen molar-refractivity contribution in [3.8, 4) is 0 Å². The molecule has 0 radical (unpaired) electrons. The van der Waals surface area contributed by atoms with Gasteiger partial charge in [0.25, 0.3) is 0 Å². The summed E-state index contributed by atoms with van der Waals surface area (Å²) < 4.78 is 42.7. The number of hydrogen-bond acceptors (Lipinski definition) is 7. The first-order valence-corrected chi connectivity index (χ1v) is 8.00. The van der Waals surface area contributed by atoms with Gasteiger partial charge in [0.05, 0.1) is 12.1 Å². The van der Waals surface area contributed by atoms with E-state index >= 15 is 0 Å². The number of carbonyl (C=O) groups is 1. The summed E-state index contributed by atoms with van der Waals surface area (Å²) in [4.78, 5) is 15.6. The van der Waals surface area contributed by atoms with E-state index in [0.717, 1.165) is 0 Å². The van der Waals surface area contributed by atoms with Crippen LogP contribution in [0.1, 0.15) is 16.5 Å². The number of hydrogen-bond donors (Lipinski definition) is 0. The summed E-state index contributed by atoms with van der Waals surface area (Å²) >= 11 is 0.513. The molecule has 7 nitrogen and oxygen atoms in total. The summed E-state index contributed by atoms with van der Waals surface area (Å²) in [7, 11) is 0. The molecule has 0 bridgehead atoms. The first-order chi connectivity index (χ1) is 11.3. The van der Waals surface area contributed by atoms with Crippen LogP contribution in [0.2, 0.25) is 0 Å². The third-order valence-corrected chi connectivity index (χ3v) is 4.59. The lowest BCUT2D eigenvalue weighted by atomic mass is 10.2. The van der Waals surface area contributed by atoms with Gasteiger partial charge in [-0.15, -0.1) is 10.2 Å². The van der Waals surface area contributed by atoms with Crippen LogP contribution in [0.5, 0.6) is 0 Å². The largest absolute Gasteiger partial charge is 0.445 e.